The van der Waals surface area contributed by atoms with Crippen molar-refractivity contribution >= 4 is 38.7 Å². The number of hydrogen-bond acceptors (Lipinski definition) is 8. The van der Waals surface area contributed by atoms with Crippen molar-refractivity contribution in [2.75, 3.05) is 36.8 Å². The van der Waals surface area contributed by atoms with Crippen molar-refractivity contribution in [3.05, 3.63) is 73.5 Å². The van der Waals surface area contributed by atoms with Crippen LogP contribution in [0.1, 0.15) is 37.8 Å². The summed E-state index contributed by atoms with van der Waals surface area (Å²) in [7, 11) is -4.10. The molecule has 0 saturated carbocycles. The summed E-state index contributed by atoms with van der Waals surface area (Å²) < 4.78 is 28.5. The second-order valence-corrected chi connectivity index (χ2v) is 11.8. The number of phenolic OH excluding ortho intramolecular Hbond substituents is 1. The molecule has 3 aromatic rings. The van der Waals surface area contributed by atoms with Crippen molar-refractivity contribution in [1.29, 1.82) is 0 Å². The number of nitrogens with one attached hydrogen (secondary N) is 2. The fourth-order valence-electron chi connectivity index (χ4n) is 5.27. The zero-order valence-corrected chi connectivity index (χ0v) is 22.0. The normalized spacial score (nSPS) is 19.6. The zero-order valence-electron chi connectivity index (χ0n) is 20.4. The first kappa shape index (κ1) is 25.7. The lowest BCUT2D eigenvalue weighted by molar-refractivity contribution is 0.158. The minimum atomic E-state index is -4.10. The molecule has 0 spiro atoms. The van der Waals surface area contributed by atoms with Crippen molar-refractivity contribution in [3.8, 4) is 5.75 Å². The van der Waals surface area contributed by atoms with Gasteiger partial charge < -0.3 is 15.7 Å². The lowest BCUT2D eigenvalue weighted by Crippen LogP contribution is -2.51. The first-order valence-electron chi connectivity index (χ1n) is 12.4. The average molecular weight is 545 g/mol. The Hall–Kier alpha value is -2.92. The Labute approximate surface area is 220 Å². The standard InChI is InChI=1S/C26H29ClN4O5S/c1-2-19(16-7-4-3-5-8-16)28-21-22(25(34)24(21)33)29-20-11-10-18(27)26(23(20)32)37(35,36)31-14-13-30-12-6-9-17(30)15-31/h3-5,7-8,10-11,17,19,28-29,32H,2,6,9,12-15H2,1H3/t17?,19-/m1/s1. The van der Waals surface area contributed by atoms with Gasteiger partial charge in [-0.2, -0.15) is 4.31 Å². The van der Waals surface area contributed by atoms with Gasteiger partial charge in [0, 0.05) is 25.7 Å². The molecule has 2 aliphatic rings. The summed E-state index contributed by atoms with van der Waals surface area (Å²) in [5, 5.41) is 16.8. The van der Waals surface area contributed by atoms with E-state index in [2.05, 4.69) is 15.5 Å². The summed E-state index contributed by atoms with van der Waals surface area (Å²) >= 11 is 6.29. The number of anilines is 3. The molecule has 11 heteroatoms. The molecule has 0 aromatic heterocycles. The van der Waals surface area contributed by atoms with E-state index in [0.717, 1.165) is 24.9 Å². The first-order chi connectivity index (χ1) is 17.7. The number of piperazine rings is 1. The van der Waals surface area contributed by atoms with Crippen LogP contribution in [0, 0.1) is 0 Å². The fourth-order valence-corrected chi connectivity index (χ4v) is 7.33. The van der Waals surface area contributed by atoms with Gasteiger partial charge in [0.05, 0.1) is 16.8 Å². The molecule has 3 N–H and O–H groups in total. The van der Waals surface area contributed by atoms with E-state index in [1.165, 1.54) is 16.4 Å². The number of hydrogen-bond donors (Lipinski definition) is 3. The van der Waals surface area contributed by atoms with E-state index < -0.39 is 31.5 Å². The van der Waals surface area contributed by atoms with Crippen LogP contribution in [0.25, 0.3) is 0 Å². The number of phenols is 1. The molecule has 2 atom stereocenters. The van der Waals surface area contributed by atoms with Crippen LogP contribution in [0.2, 0.25) is 5.02 Å². The van der Waals surface area contributed by atoms with E-state index in [1.54, 1.807) is 0 Å². The molecule has 0 radical (unpaired) electrons. The van der Waals surface area contributed by atoms with Crippen LogP contribution in [-0.4, -0.2) is 55.0 Å². The van der Waals surface area contributed by atoms with Gasteiger partial charge in [-0.3, -0.25) is 14.5 Å². The highest BCUT2D eigenvalue weighted by Crippen LogP contribution is 2.41. The smallest absolute Gasteiger partial charge is 0.253 e. The third-order valence-corrected chi connectivity index (χ3v) is 9.70. The molecule has 0 bridgehead atoms. The van der Waals surface area contributed by atoms with Crippen LogP contribution in [0.15, 0.2) is 56.9 Å². The Bertz CT molecular complexity index is 1490. The molecule has 2 aliphatic heterocycles. The van der Waals surface area contributed by atoms with Gasteiger partial charge in [0.15, 0.2) is 5.75 Å². The molecule has 5 rings (SSSR count). The SMILES string of the molecule is CC[C@@H](Nc1c(Nc2ccc(Cl)c(S(=O)(=O)N3CCN4CCCC4C3)c2O)c(=O)c1=O)c1ccccc1. The molecule has 2 fully saturated rings. The molecule has 2 saturated heterocycles. The van der Waals surface area contributed by atoms with Crippen molar-refractivity contribution < 1.29 is 13.5 Å². The van der Waals surface area contributed by atoms with Crippen LogP contribution in [0.4, 0.5) is 17.1 Å². The molecule has 3 aromatic carbocycles. The van der Waals surface area contributed by atoms with Gasteiger partial charge in [-0.05, 0) is 43.5 Å². The molecule has 0 aliphatic carbocycles. The Balaban J connectivity index is 1.43. The Morgan fingerprint density at radius 3 is 2.51 bits per heavy atom. The maximum absolute atomic E-state index is 13.6. The Morgan fingerprint density at radius 1 is 1.05 bits per heavy atom. The van der Waals surface area contributed by atoms with E-state index in [-0.39, 0.29) is 34.2 Å². The summed E-state index contributed by atoms with van der Waals surface area (Å²) in [5.74, 6) is -0.588. The highest BCUT2D eigenvalue weighted by atomic mass is 35.5. The van der Waals surface area contributed by atoms with Crippen molar-refractivity contribution in [2.45, 2.75) is 43.2 Å². The van der Waals surface area contributed by atoms with E-state index in [4.69, 9.17) is 11.6 Å². The highest BCUT2D eigenvalue weighted by Gasteiger charge is 2.39. The maximum atomic E-state index is 13.6. The number of aromatic hydroxyl groups is 1. The largest absolute Gasteiger partial charge is 0.504 e. The number of rotatable bonds is 8. The Kier molecular flexibility index (Phi) is 7.01. The number of halogens is 1. The van der Waals surface area contributed by atoms with E-state index in [0.29, 0.717) is 26.1 Å². The second kappa shape index (κ2) is 10.1. The Morgan fingerprint density at radius 2 is 1.78 bits per heavy atom. The molecule has 2 heterocycles. The number of sulfonamides is 1. The molecular weight excluding hydrogens is 516 g/mol. The van der Waals surface area contributed by atoms with Crippen LogP contribution < -0.4 is 21.5 Å². The minimum Gasteiger partial charge on any atom is -0.504 e. The van der Waals surface area contributed by atoms with Crippen LogP contribution >= 0.6 is 11.6 Å². The third-order valence-electron chi connectivity index (χ3n) is 7.33. The van der Waals surface area contributed by atoms with Gasteiger partial charge in [-0.15, -0.1) is 0 Å². The van der Waals surface area contributed by atoms with Gasteiger partial charge in [0.1, 0.15) is 16.3 Å². The average Bonchev–Trinajstić information content (AvgIpc) is 3.38. The topological polar surface area (TPSA) is 119 Å². The quantitative estimate of drug-likeness (QED) is 0.291. The third kappa shape index (κ3) is 4.63. The number of benzene rings is 2. The van der Waals surface area contributed by atoms with E-state index in [1.807, 2.05) is 37.3 Å². The van der Waals surface area contributed by atoms with Gasteiger partial charge >= 0.3 is 0 Å². The number of nitrogens with zero attached hydrogens (tertiary/aromatic N) is 2. The van der Waals surface area contributed by atoms with Crippen molar-refractivity contribution in [2.24, 2.45) is 0 Å². The minimum absolute atomic E-state index is 0.0228. The lowest BCUT2D eigenvalue weighted by Gasteiger charge is -2.36. The van der Waals surface area contributed by atoms with Gasteiger partial charge in [-0.1, -0.05) is 48.9 Å². The van der Waals surface area contributed by atoms with Gasteiger partial charge in [0.2, 0.25) is 10.0 Å². The van der Waals surface area contributed by atoms with Gasteiger partial charge in [-0.25, -0.2) is 8.42 Å². The second-order valence-electron chi connectivity index (χ2n) is 9.52. The van der Waals surface area contributed by atoms with E-state index >= 15 is 0 Å². The van der Waals surface area contributed by atoms with Gasteiger partial charge in [0.25, 0.3) is 10.9 Å². The summed E-state index contributed by atoms with van der Waals surface area (Å²) in [4.78, 5) is 26.7. The molecule has 196 valence electrons. The summed E-state index contributed by atoms with van der Waals surface area (Å²) in [6.45, 7) is 4.18. The monoisotopic (exact) mass is 544 g/mol. The summed E-state index contributed by atoms with van der Waals surface area (Å²) in [6, 6.07) is 12.2. The predicted molar refractivity (Wildman–Crippen MR) is 144 cm³/mol. The molecule has 0 amide bonds. The number of fused-ring (bicyclic) bond motifs is 1. The zero-order chi connectivity index (χ0) is 26.3. The lowest BCUT2D eigenvalue weighted by atomic mass is 10.0. The van der Waals surface area contributed by atoms with Crippen LogP contribution in [0.5, 0.6) is 5.75 Å². The fraction of sp³-hybridized carbons (Fsp3) is 0.385. The first-order valence-corrected chi connectivity index (χ1v) is 14.2. The van der Waals surface area contributed by atoms with Crippen molar-refractivity contribution in [3.63, 3.8) is 0 Å². The van der Waals surface area contributed by atoms with E-state index in [9.17, 15) is 23.1 Å². The predicted octanol–water partition coefficient (Wildman–Crippen LogP) is 3.42. The highest BCUT2D eigenvalue weighted by molar-refractivity contribution is 7.89. The summed E-state index contributed by atoms with van der Waals surface area (Å²) in [6.07, 6.45) is 2.62. The van der Waals surface area contributed by atoms with Crippen LogP contribution in [-0.2, 0) is 10.0 Å². The van der Waals surface area contributed by atoms with Crippen molar-refractivity contribution in [1.82, 2.24) is 9.21 Å². The van der Waals surface area contributed by atoms with Crippen LogP contribution in [0.3, 0.4) is 0 Å². The molecule has 1 unspecified atom stereocenters. The summed E-state index contributed by atoms with van der Waals surface area (Å²) in [5.41, 5.74) is -0.426. The molecule has 9 nitrogen and oxygen atoms in total. The maximum Gasteiger partial charge on any atom is 0.253 e. The molecular formula is C26H29ClN4O5S. The molecule has 37 heavy (non-hydrogen) atoms.